The van der Waals surface area contributed by atoms with Crippen LogP contribution in [0.1, 0.15) is 22.0 Å². The van der Waals surface area contributed by atoms with Gasteiger partial charge in [0, 0.05) is 12.6 Å². The van der Waals surface area contributed by atoms with Gasteiger partial charge in [0.2, 0.25) is 0 Å². The molecule has 1 atom stereocenters. The van der Waals surface area contributed by atoms with E-state index in [4.69, 9.17) is 11.6 Å². The molecule has 0 aliphatic carbocycles. The highest BCUT2D eigenvalue weighted by Gasteiger charge is 2.42. The fraction of sp³-hybridized carbons (Fsp3) is 0.235. The molecule has 1 amide bonds. The monoisotopic (exact) mass is 436 g/mol. The minimum Gasteiger partial charge on any atom is -0.337 e. The van der Waals surface area contributed by atoms with E-state index in [1.807, 2.05) is 5.32 Å². The van der Waals surface area contributed by atoms with E-state index in [1.165, 1.54) is 24.3 Å². The van der Waals surface area contributed by atoms with E-state index in [-0.39, 0.29) is 16.1 Å². The van der Waals surface area contributed by atoms with Crippen LogP contribution in [0, 0.1) is 0 Å². The van der Waals surface area contributed by atoms with Gasteiger partial charge in [-0.25, -0.2) is 8.42 Å². The molecule has 2 aromatic carbocycles. The second-order valence-corrected chi connectivity index (χ2v) is 7.91. The molecule has 28 heavy (non-hydrogen) atoms. The molecular formula is C17H16ClF3N2O4S. The Kier molecular flexibility index (Phi) is 6.71. The summed E-state index contributed by atoms with van der Waals surface area (Å²) in [6.45, 7) is 0. The lowest BCUT2D eigenvalue weighted by Gasteiger charge is -2.22. The van der Waals surface area contributed by atoms with Gasteiger partial charge in [0.05, 0.1) is 12.1 Å². The number of hydroxylamine groups is 1. The molecule has 0 heterocycles. The van der Waals surface area contributed by atoms with E-state index in [2.05, 4.69) is 4.84 Å². The topological polar surface area (TPSA) is 75.7 Å². The normalized spacial score (nSPS) is 13.4. The van der Waals surface area contributed by atoms with Crippen molar-refractivity contribution in [1.29, 1.82) is 0 Å². The average Bonchev–Trinajstić information content (AvgIpc) is 2.65. The maximum Gasteiger partial charge on any atom is 0.412 e. The Morgan fingerprint density at radius 2 is 1.79 bits per heavy atom. The molecule has 0 saturated carbocycles. The quantitative estimate of drug-likeness (QED) is 0.703. The van der Waals surface area contributed by atoms with E-state index in [9.17, 15) is 26.4 Å². The first-order valence-electron chi connectivity index (χ1n) is 7.73. The molecule has 6 nitrogen and oxygen atoms in total. The summed E-state index contributed by atoms with van der Waals surface area (Å²) in [6, 6.07) is 7.68. The van der Waals surface area contributed by atoms with Crippen molar-refractivity contribution in [3.63, 3.8) is 0 Å². The Morgan fingerprint density at radius 1 is 1.18 bits per heavy atom. The Bertz CT molecular complexity index is 953. The lowest BCUT2D eigenvalue weighted by molar-refractivity contribution is -0.155. The van der Waals surface area contributed by atoms with Gasteiger partial charge < -0.3 is 5.32 Å². The van der Waals surface area contributed by atoms with E-state index in [1.54, 1.807) is 6.07 Å². The van der Waals surface area contributed by atoms with Crippen LogP contribution in [0.3, 0.4) is 0 Å². The van der Waals surface area contributed by atoms with E-state index in [0.29, 0.717) is 4.47 Å². The van der Waals surface area contributed by atoms with Crippen molar-refractivity contribution in [2.24, 2.45) is 0 Å². The molecule has 2 rings (SSSR count). The molecule has 0 aliphatic heterocycles. The van der Waals surface area contributed by atoms with Crippen molar-refractivity contribution >= 4 is 27.5 Å². The summed E-state index contributed by atoms with van der Waals surface area (Å²) in [5.74, 6) is -1.11. The summed E-state index contributed by atoms with van der Waals surface area (Å²) in [5.41, 5.74) is -0.470. The fourth-order valence-corrected chi connectivity index (χ4v) is 3.77. The third kappa shape index (κ3) is 4.82. The number of nitrogens with one attached hydrogen (secondary N) is 1. The molecule has 11 heteroatoms. The summed E-state index contributed by atoms with van der Waals surface area (Å²) in [4.78, 5) is 16.6. The Hall–Kier alpha value is -2.14. The number of alkyl halides is 3. The van der Waals surface area contributed by atoms with Crippen molar-refractivity contribution in [2.75, 3.05) is 14.2 Å². The van der Waals surface area contributed by atoms with Gasteiger partial charge in [-0.15, -0.1) is 0 Å². The largest absolute Gasteiger partial charge is 0.412 e. The summed E-state index contributed by atoms with van der Waals surface area (Å²) < 4.78 is 65.5. The summed E-state index contributed by atoms with van der Waals surface area (Å²) in [6.07, 6.45) is -4.76. The van der Waals surface area contributed by atoms with Crippen molar-refractivity contribution < 1.29 is 31.2 Å². The SMILES string of the molecule is CON(C)S(=O)(=O)c1cc(C(=O)NC(c2ccccc2)C(F)(F)F)ccc1Cl. The molecule has 1 unspecified atom stereocenters. The highest BCUT2D eigenvalue weighted by atomic mass is 35.5. The second-order valence-electron chi connectivity index (χ2n) is 5.60. The van der Waals surface area contributed by atoms with Crippen molar-refractivity contribution in [1.82, 2.24) is 9.79 Å². The first-order chi connectivity index (χ1) is 13.0. The lowest BCUT2D eigenvalue weighted by atomic mass is 10.1. The lowest BCUT2D eigenvalue weighted by Crippen LogP contribution is -2.38. The van der Waals surface area contributed by atoms with Crippen LogP contribution in [0.4, 0.5) is 13.2 Å². The molecule has 0 aliphatic rings. The number of halogens is 4. The van der Waals surface area contributed by atoms with E-state index >= 15 is 0 Å². The van der Waals surface area contributed by atoms with Crippen molar-refractivity contribution in [3.05, 3.63) is 64.7 Å². The standard InChI is InChI=1S/C17H16ClF3N2O4S/c1-23(27-2)28(25,26)14-10-12(8-9-13(14)18)16(24)22-15(17(19,20)21)11-6-4-3-5-7-11/h3-10,15H,1-2H3,(H,22,24). The predicted octanol–water partition coefficient (Wildman–Crippen LogP) is 3.56. The number of amides is 1. The number of benzene rings is 2. The highest BCUT2D eigenvalue weighted by molar-refractivity contribution is 7.89. The van der Waals surface area contributed by atoms with Gasteiger partial charge in [-0.3, -0.25) is 9.63 Å². The molecule has 152 valence electrons. The van der Waals surface area contributed by atoms with Gasteiger partial charge in [0.25, 0.3) is 15.9 Å². The van der Waals surface area contributed by atoms with Gasteiger partial charge in [-0.05, 0) is 23.8 Å². The summed E-state index contributed by atoms with van der Waals surface area (Å²) in [5, 5.41) is 1.67. The predicted molar refractivity (Wildman–Crippen MR) is 96.1 cm³/mol. The average molecular weight is 437 g/mol. The first kappa shape index (κ1) is 22.2. The molecular weight excluding hydrogens is 421 g/mol. The molecule has 2 aromatic rings. The van der Waals surface area contributed by atoms with Crippen LogP contribution < -0.4 is 5.32 Å². The minimum atomic E-state index is -4.76. The van der Waals surface area contributed by atoms with Crippen molar-refractivity contribution in [3.8, 4) is 0 Å². The van der Waals surface area contributed by atoms with Crippen LogP contribution >= 0.6 is 11.6 Å². The zero-order valence-corrected chi connectivity index (χ0v) is 16.3. The molecule has 0 aromatic heterocycles. The van der Waals surface area contributed by atoms with E-state index < -0.39 is 33.0 Å². The van der Waals surface area contributed by atoms with E-state index in [0.717, 1.165) is 32.4 Å². The molecule has 0 fully saturated rings. The number of rotatable bonds is 6. The summed E-state index contributed by atoms with van der Waals surface area (Å²) >= 11 is 5.89. The van der Waals surface area contributed by atoms with Crippen LogP contribution in [0.2, 0.25) is 5.02 Å². The van der Waals surface area contributed by atoms with Gasteiger partial charge in [-0.1, -0.05) is 46.4 Å². The number of sulfonamides is 1. The van der Waals surface area contributed by atoms with Crippen LogP contribution in [0.25, 0.3) is 0 Å². The van der Waals surface area contributed by atoms with Gasteiger partial charge in [0.1, 0.15) is 4.90 Å². The molecule has 0 radical (unpaired) electrons. The molecule has 1 N–H and O–H groups in total. The van der Waals surface area contributed by atoms with Gasteiger partial charge in [-0.2, -0.15) is 13.2 Å². The van der Waals surface area contributed by atoms with Gasteiger partial charge in [0.15, 0.2) is 6.04 Å². The van der Waals surface area contributed by atoms with Crippen LogP contribution in [0.5, 0.6) is 0 Å². The van der Waals surface area contributed by atoms with Gasteiger partial charge >= 0.3 is 6.18 Å². The first-order valence-corrected chi connectivity index (χ1v) is 9.55. The number of carbonyl (C=O) groups is 1. The van der Waals surface area contributed by atoms with Crippen LogP contribution in [-0.4, -0.2) is 39.1 Å². The number of nitrogens with zero attached hydrogens (tertiary/aromatic N) is 1. The third-order valence-corrected chi connectivity index (χ3v) is 5.96. The zero-order chi connectivity index (χ0) is 21.1. The zero-order valence-electron chi connectivity index (χ0n) is 14.7. The second kappa shape index (κ2) is 8.48. The molecule has 0 bridgehead atoms. The van der Waals surface area contributed by atoms with Crippen LogP contribution in [0.15, 0.2) is 53.4 Å². The Morgan fingerprint density at radius 3 is 2.32 bits per heavy atom. The Balaban J connectivity index is 2.40. The highest BCUT2D eigenvalue weighted by Crippen LogP contribution is 2.33. The number of hydrogen-bond donors (Lipinski definition) is 1. The van der Waals surface area contributed by atoms with Crippen molar-refractivity contribution in [2.45, 2.75) is 17.1 Å². The number of hydrogen-bond acceptors (Lipinski definition) is 4. The smallest absolute Gasteiger partial charge is 0.337 e. The maximum atomic E-state index is 13.4. The Labute approximate surface area is 164 Å². The molecule has 0 spiro atoms. The molecule has 0 saturated heterocycles. The number of carbonyl (C=O) groups excluding carboxylic acids is 1. The fourth-order valence-electron chi connectivity index (χ4n) is 2.29. The maximum absolute atomic E-state index is 13.4. The minimum absolute atomic E-state index is 0.163. The summed E-state index contributed by atoms with van der Waals surface area (Å²) in [7, 11) is -2.00. The third-order valence-electron chi connectivity index (χ3n) is 3.80. The van der Waals surface area contributed by atoms with Crippen LogP contribution in [-0.2, 0) is 14.9 Å².